The molecule has 2 aromatic carbocycles. The van der Waals surface area contributed by atoms with Crippen LogP contribution < -0.4 is 5.32 Å². The molecule has 0 bridgehead atoms. The normalized spacial score (nSPS) is 12.2. The molecule has 0 spiro atoms. The van der Waals surface area contributed by atoms with E-state index in [4.69, 9.17) is 0 Å². The average molecular weight is 314 g/mol. The largest absolute Gasteiger partial charge is 0.322 e. The van der Waals surface area contributed by atoms with Crippen molar-refractivity contribution in [2.24, 2.45) is 0 Å². The molecule has 2 rings (SSSR count). The zero-order chi connectivity index (χ0) is 16.8. The summed E-state index contributed by atoms with van der Waals surface area (Å²) in [6, 6.07) is 14.0. The molecule has 3 nitrogen and oxygen atoms in total. The van der Waals surface area contributed by atoms with Gasteiger partial charge in [-0.3, -0.25) is 9.69 Å². The molecule has 122 valence electrons. The highest BCUT2D eigenvalue weighted by Crippen LogP contribution is 2.24. The van der Waals surface area contributed by atoms with Crippen LogP contribution in [0.2, 0.25) is 0 Å². The monoisotopic (exact) mass is 314 g/mol. The predicted molar refractivity (Wildman–Crippen MR) is 91.9 cm³/mol. The summed E-state index contributed by atoms with van der Waals surface area (Å²) >= 11 is 0. The van der Waals surface area contributed by atoms with Gasteiger partial charge in [0.2, 0.25) is 5.91 Å². The summed E-state index contributed by atoms with van der Waals surface area (Å²) in [7, 11) is 0. The summed E-state index contributed by atoms with van der Waals surface area (Å²) < 4.78 is 14.0. The van der Waals surface area contributed by atoms with Crippen LogP contribution in [0.5, 0.6) is 0 Å². The van der Waals surface area contributed by atoms with Gasteiger partial charge in [0.15, 0.2) is 0 Å². The number of amides is 1. The molecule has 0 radical (unpaired) electrons. The summed E-state index contributed by atoms with van der Waals surface area (Å²) in [4.78, 5) is 14.8. The van der Waals surface area contributed by atoms with E-state index in [0.717, 1.165) is 24.2 Å². The molecule has 0 aliphatic heterocycles. The van der Waals surface area contributed by atoms with E-state index in [1.165, 1.54) is 6.07 Å². The molecule has 0 saturated heterocycles. The number of carbonyl (C=O) groups is 1. The second-order valence-corrected chi connectivity index (χ2v) is 5.51. The van der Waals surface area contributed by atoms with Crippen LogP contribution in [0.3, 0.4) is 0 Å². The van der Waals surface area contributed by atoms with Gasteiger partial charge in [0.1, 0.15) is 11.9 Å². The molecule has 0 saturated carbocycles. The Morgan fingerprint density at radius 1 is 1.13 bits per heavy atom. The van der Waals surface area contributed by atoms with Crippen molar-refractivity contribution in [2.45, 2.75) is 26.8 Å². The molecule has 1 amide bonds. The van der Waals surface area contributed by atoms with Crippen molar-refractivity contribution in [3.63, 3.8) is 0 Å². The first-order valence-electron chi connectivity index (χ1n) is 7.92. The fourth-order valence-corrected chi connectivity index (χ4v) is 2.67. The van der Waals surface area contributed by atoms with E-state index >= 15 is 0 Å². The van der Waals surface area contributed by atoms with Crippen LogP contribution in [0.1, 0.15) is 31.0 Å². The lowest BCUT2D eigenvalue weighted by Gasteiger charge is -2.29. The number of anilines is 1. The molecular formula is C19H23FN2O. The quantitative estimate of drug-likeness (QED) is 0.868. The minimum absolute atomic E-state index is 0.216. The van der Waals surface area contributed by atoms with Crippen molar-refractivity contribution in [1.29, 1.82) is 0 Å². The van der Waals surface area contributed by atoms with E-state index < -0.39 is 11.9 Å². The fraction of sp³-hybridized carbons (Fsp3) is 0.316. The molecule has 0 aliphatic rings. The van der Waals surface area contributed by atoms with Crippen molar-refractivity contribution in [1.82, 2.24) is 4.90 Å². The lowest BCUT2D eigenvalue weighted by molar-refractivity contribution is -0.121. The second-order valence-electron chi connectivity index (χ2n) is 5.51. The van der Waals surface area contributed by atoms with Gasteiger partial charge in [0.25, 0.3) is 0 Å². The molecule has 1 atom stereocenters. The molecule has 2 aromatic rings. The first-order chi connectivity index (χ1) is 11.1. The van der Waals surface area contributed by atoms with Crippen molar-refractivity contribution in [3.8, 4) is 0 Å². The van der Waals surface area contributed by atoms with Gasteiger partial charge in [-0.05, 0) is 43.3 Å². The lowest BCUT2D eigenvalue weighted by atomic mass is 10.0. The molecule has 0 fully saturated rings. The highest BCUT2D eigenvalue weighted by Gasteiger charge is 2.26. The fourth-order valence-electron chi connectivity index (χ4n) is 2.67. The number of hydrogen-bond acceptors (Lipinski definition) is 2. The maximum absolute atomic E-state index is 14.0. The first-order valence-corrected chi connectivity index (χ1v) is 7.92. The Labute approximate surface area is 137 Å². The molecule has 1 N–H and O–H groups in total. The zero-order valence-electron chi connectivity index (χ0n) is 13.8. The number of benzene rings is 2. The Bertz CT molecular complexity index is 654. The third-order valence-corrected chi connectivity index (χ3v) is 3.92. The van der Waals surface area contributed by atoms with E-state index in [2.05, 4.69) is 10.2 Å². The third kappa shape index (κ3) is 4.17. The summed E-state index contributed by atoms with van der Waals surface area (Å²) in [5.41, 5.74) is 1.94. The van der Waals surface area contributed by atoms with Crippen LogP contribution in [-0.2, 0) is 4.79 Å². The molecule has 23 heavy (non-hydrogen) atoms. The maximum atomic E-state index is 14.0. The minimum Gasteiger partial charge on any atom is -0.322 e. The van der Waals surface area contributed by atoms with Crippen molar-refractivity contribution in [2.75, 3.05) is 18.4 Å². The summed E-state index contributed by atoms with van der Waals surface area (Å²) in [5, 5.41) is 2.73. The zero-order valence-corrected chi connectivity index (χ0v) is 13.8. The van der Waals surface area contributed by atoms with E-state index in [1.807, 2.05) is 51.1 Å². The van der Waals surface area contributed by atoms with Crippen LogP contribution in [0, 0.1) is 12.7 Å². The summed E-state index contributed by atoms with van der Waals surface area (Å²) in [5.74, 6) is -0.632. The number of aryl methyl sites for hydroxylation is 1. The minimum atomic E-state index is -0.438. The van der Waals surface area contributed by atoms with Crippen LogP contribution in [0.4, 0.5) is 10.1 Å². The van der Waals surface area contributed by atoms with E-state index in [-0.39, 0.29) is 11.6 Å². The number of nitrogens with one attached hydrogen (secondary N) is 1. The van der Waals surface area contributed by atoms with Gasteiger partial charge in [-0.25, -0.2) is 4.39 Å². The Kier molecular flexibility index (Phi) is 5.88. The van der Waals surface area contributed by atoms with Gasteiger partial charge in [-0.15, -0.1) is 0 Å². The van der Waals surface area contributed by atoms with Gasteiger partial charge in [0, 0.05) is 0 Å². The van der Waals surface area contributed by atoms with Crippen LogP contribution in [-0.4, -0.2) is 23.9 Å². The van der Waals surface area contributed by atoms with Gasteiger partial charge in [0.05, 0.1) is 5.69 Å². The van der Waals surface area contributed by atoms with E-state index in [1.54, 1.807) is 12.1 Å². The number of nitrogens with zero attached hydrogens (tertiary/aromatic N) is 1. The third-order valence-electron chi connectivity index (χ3n) is 3.92. The van der Waals surface area contributed by atoms with E-state index in [0.29, 0.717) is 0 Å². The van der Waals surface area contributed by atoms with Gasteiger partial charge in [-0.1, -0.05) is 50.2 Å². The van der Waals surface area contributed by atoms with Gasteiger partial charge in [-0.2, -0.15) is 0 Å². The molecule has 4 heteroatoms. The summed E-state index contributed by atoms with van der Waals surface area (Å²) in [6.07, 6.45) is 0. The smallest absolute Gasteiger partial charge is 0.246 e. The standard InChI is InChI=1S/C19H23FN2O/c1-4-22(5-2)18(15-9-7-6-8-10-15)19(23)21-17-12-11-14(3)13-16(17)20/h6-13,18H,4-5H2,1-3H3,(H,21,23). The van der Waals surface area contributed by atoms with Crippen LogP contribution >= 0.6 is 0 Å². The number of rotatable bonds is 6. The first kappa shape index (κ1) is 17.2. The Hall–Kier alpha value is -2.20. The van der Waals surface area contributed by atoms with E-state index in [9.17, 15) is 9.18 Å². The Morgan fingerprint density at radius 3 is 2.35 bits per heavy atom. The van der Waals surface area contributed by atoms with Crippen LogP contribution in [0.15, 0.2) is 48.5 Å². The number of hydrogen-bond donors (Lipinski definition) is 1. The lowest BCUT2D eigenvalue weighted by Crippen LogP contribution is -2.37. The number of halogens is 1. The van der Waals surface area contributed by atoms with Gasteiger partial charge >= 0.3 is 0 Å². The molecule has 0 aliphatic carbocycles. The maximum Gasteiger partial charge on any atom is 0.246 e. The molecule has 1 unspecified atom stereocenters. The molecule has 0 aromatic heterocycles. The van der Waals surface area contributed by atoms with Crippen LogP contribution in [0.25, 0.3) is 0 Å². The Morgan fingerprint density at radius 2 is 1.78 bits per heavy atom. The second kappa shape index (κ2) is 7.88. The highest BCUT2D eigenvalue weighted by molar-refractivity contribution is 5.95. The molecular weight excluding hydrogens is 291 g/mol. The van der Waals surface area contributed by atoms with Gasteiger partial charge < -0.3 is 5.32 Å². The topological polar surface area (TPSA) is 32.3 Å². The summed E-state index contributed by atoms with van der Waals surface area (Å²) in [6.45, 7) is 7.31. The number of likely N-dealkylation sites (N-methyl/N-ethyl adjacent to an activating group) is 1. The molecule has 0 heterocycles. The van der Waals surface area contributed by atoms with Crippen molar-refractivity contribution >= 4 is 11.6 Å². The average Bonchev–Trinajstić information content (AvgIpc) is 2.55. The van der Waals surface area contributed by atoms with Crippen molar-refractivity contribution < 1.29 is 9.18 Å². The SMILES string of the molecule is CCN(CC)C(C(=O)Nc1ccc(C)cc1F)c1ccccc1. The highest BCUT2D eigenvalue weighted by atomic mass is 19.1. The van der Waals surface area contributed by atoms with Crippen molar-refractivity contribution in [3.05, 3.63) is 65.5 Å². The predicted octanol–water partition coefficient (Wildman–Crippen LogP) is 4.16. The number of carbonyl (C=O) groups excluding carboxylic acids is 1. The Balaban J connectivity index is 2.29.